The van der Waals surface area contributed by atoms with Crippen molar-refractivity contribution in [1.82, 2.24) is 0 Å². The van der Waals surface area contributed by atoms with Crippen LogP contribution in [0.4, 0.5) is 17.1 Å². The molecule has 0 spiro atoms. The molecule has 56 heavy (non-hydrogen) atoms. The molecule has 2 heterocycles. The molecule has 0 saturated heterocycles. The molecular formula is C53H35NO2. The molecule has 2 aromatic heterocycles. The number of hydrogen-bond acceptors (Lipinski definition) is 3. The Bertz CT molecular complexity index is 3420. The van der Waals surface area contributed by atoms with Crippen molar-refractivity contribution in [3.8, 4) is 22.3 Å². The zero-order valence-electron chi connectivity index (χ0n) is 31.0. The van der Waals surface area contributed by atoms with E-state index in [0.29, 0.717) is 0 Å². The van der Waals surface area contributed by atoms with E-state index in [-0.39, 0.29) is 5.41 Å². The Balaban J connectivity index is 1.20. The highest BCUT2D eigenvalue weighted by Gasteiger charge is 2.38. The number of nitrogens with zero attached hydrogens (tertiary/aromatic N) is 1. The van der Waals surface area contributed by atoms with Crippen LogP contribution in [0.15, 0.2) is 185 Å². The molecule has 3 heteroatoms. The SMILES string of the molecule is CC1(C)c2ccccc2-c2c(N(c3ccc4oc5ccccc5c4c3)c3ccc(-c4cc5ccccc5c5ccccc45)c4oc5ccccc5c34)cccc21. The van der Waals surface area contributed by atoms with Crippen LogP contribution in [-0.4, -0.2) is 0 Å². The minimum Gasteiger partial charge on any atom is -0.456 e. The number of benzene rings is 9. The number of furan rings is 2. The van der Waals surface area contributed by atoms with Crippen LogP contribution in [0.2, 0.25) is 0 Å². The van der Waals surface area contributed by atoms with Gasteiger partial charge in [-0.3, -0.25) is 0 Å². The summed E-state index contributed by atoms with van der Waals surface area (Å²) in [5, 5.41) is 9.24. The van der Waals surface area contributed by atoms with Gasteiger partial charge < -0.3 is 13.7 Å². The number of para-hydroxylation sites is 2. The molecule has 11 aromatic rings. The molecule has 0 fully saturated rings. The predicted molar refractivity (Wildman–Crippen MR) is 234 cm³/mol. The van der Waals surface area contributed by atoms with Gasteiger partial charge in [0.05, 0.1) is 16.8 Å². The summed E-state index contributed by atoms with van der Waals surface area (Å²) in [6.45, 7) is 4.69. The molecule has 9 aromatic carbocycles. The van der Waals surface area contributed by atoms with Gasteiger partial charge in [0.15, 0.2) is 0 Å². The summed E-state index contributed by atoms with van der Waals surface area (Å²) in [4.78, 5) is 2.46. The van der Waals surface area contributed by atoms with Crippen LogP contribution in [0.25, 0.3) is 87.7 Å². The van der Waals surface area contributed by atoms with Crippen molar-refractivity contribution in [3.63, 3.8) is 0 Å². The van der Waals surface area contributed by atoms with E-state index in [1.807, 2.05) is 12.1 Å². The lowest BCUT2D eigenvalue weighted by molar-refractivity contribution is 0.660. The smallest absolute Gasteiger partial charge is 0.145 e. The van der Waals surface area contributed by atoms with E-state index in [2.05, 4.69) is 183 Å². The largest absolute Gasteiger partial charge is 0.456 e. The topological polar surface area (TPSA) is 29.5 Å². The van der Waals surface area contributed by atoms with Gasteiger partial charge in [-0.15, -0.1) is 0 Å². The number of hydrogen-bond donors (Lipinski definition) is 0. The zero-order valence-corrected chi connectivity index (χ0v) is 31.0. The van der Waals surface area contributed by atoms with E-state index in [1.54, 1.807) is 0 Å². The van der Waals surface area contributed by atoms with Gasteiger partial charge in [-0.2, -0.15) is 0 Å². The normalized spacial score (nSPS) is 13.3. The van der Waals surface area contributed by atoms with Crippen molar-refractivity contribution in [3.05, 3.63) is 187 Å². The molecule has 0 bridgehead atoms. The molecule has 0 aliphatic heterocycles. The van der Waals surface area contributed by atoms with E-state index >= 15 is 0 Å². The first-order valence-electron chi connectivity index (χ1n) is 19.3. The average molecular weight is 718 g/mol. The third-order valence-electron chi connectivity index (χ3n) is 12.2. The quantitative estimate of drug-likeness (QED) is 0.170. The van der Waals surface area contributed by atoms with Crippen molar-refractivity contribution >= 4 is 82.5 Å². The summed E-state index contributed by atoms with van der Waals surface area (Å²) in [6, 6.07) is 63.5. The van der Waals surface area contributed by atoms with Crippen molar-refractivity contribution in [2.24, 2.45) is 0 Å². The fraction of sp³-hybridized carbons (Fsp3) is 0.0566. The van der Waals surface area contributed by atoms with Crippen molar-refractivity contribution in [1.29, 1.82) is 0 Å². The Hall–Kier alpha value is -7.10. The molecule has 0 saturated carbocycles. The second kappa shape index (κ2) is 11.5. The van der Waals surface area contributed by atoms with Crippen molar-refractivity contribution in [2.75, 3.05) is 4.90 Å². The van der Waals surface area contributed by atoms with E-state index in [4.69, 9.17) is 8.83 Å². The van der Waals surface area contributed by atoms with Crippen molar-refractivity contribution < 1.29 is 8.83 Å². The van der Waals surface area contributed by atoms with Gasteiger partial charge in [-0.05, 0) is 98.4 Å². The van der Waals surface area contributed by atoms with E-state index in [1.165, 1.54) is 43.8 Å². The molecule has 0 radical (unpaired) electrons. The van der Waals surface area contributed by atoms with Gasteiger partial charge >= 0.3 is 0 Å². The predicted octanol–water partition coefficient (Wildman–Crippen LogP) is 15.2. The lowest BCUT2D eigenvalue weighted by Gasteiger charge is -2.29. The summed E-state index contributed by atoms with van der Waals surface area (Å²) >= 11 is 0. The van der Waals surface area contributed by atoms with Crippen LogP contribution < -0.4 is 4.90 Å². The number of rotatable bonds is 4. The molecule has 1 aliphatic rings. The zero-order chi connectivity index (χ0) is 37.1. The van der Waals surface area contributed by atoms with E-state index in [9.17, 15) is 0 Å². The van der Waals surface area contributed by atoms with Gasteiger partial charge in [0.1, 0.15) is 22.3 Å². The van der Waals surface area contributed by atoms with Crippen LogP contribution in [-0.2, 0) is 5.41 Å². The monoisotopic (exact) mass is 717 g/mol. The van der Waals surface area contributed by atoms with Crippen LogP contribution in [0.5, 0.6) is 0 Å². The maximum absolute atomic E-state index is 7.02. The fourth-order valence-electron chi connectivity index (χ4n) is 9.67. The molecule has 264 valence electrons. The highest BCUT2D eigenvalue weighted by atomic mass is 16.3. The number of anilines is 3. The Morgan fingerprint density at radius 3 is 1.93 bits per heavy atom. The molecule has 0 unspecified atom stereocenters. The van der Waals surface area contributed by atoms with Gasteiger partial charge in [0.2, 0.25) is 0 Å². The lowest BCUT2D eigenvalue weighted by atomic mass is 9.82. The Morgan fingerprint density at radius 1 is 0.411 bits per heavy atom. The summed E-state index contributed by atoms with van der Waals surface area (Å²) in [5.74, 6) is 0. The van der Waals surface area contributed by atoms with Gasteiger partial charge in [-0.25, -0.2) is 0 Å². The highest BCUT2D eigenvalue weighted by molar-refractivity contribution is 6.21. The molecule has 1 aliphatic carbocycles. The first-order valence-corrected chi connectivity index (χ1v) is 19.3. The fourth-order valence-corrected chi connectivity index (χ4v) is 9.67. The highest BCUT2D eigenvalue weighted by Crippen LogP contribution is 2.56. The van der Waals surface area contributed by atoms with Crippen LogP contribution >= 0.6 is 0 Å². The summed E-state index contributed by atoms with van der Waals surface area (Å²) in [6.07, 6.45) is 0. The first kappa shape index (κ1) is 31.3. The third kappa shape index (κ3) is 4.28. The Kier molecular flexibility index (Phi) is 6.40. The van der Waals surface area contributed by atoms with Gasteiger partial charge in [0.25, 0.3) is 0 Å². The standard InChI is InChI=1S/C53H35NO2/c1-53(2)43-21-10-7-19-39(43)50-44(53)22-13-23-45(50)54(33-26-29-49-42(31-33)37-18-8-11-24-47(37)55-49)46-28-27-38(52-51(46)40-20-9-12-25-48(40)56-52)41-30-32-14-3-4-15-34(32)35-16-5-6-17-36(35)41/h3-31H,1-2H3. The molecule has 0 amide bonds. The van der Waals surface area contributed by atoms with Gasteiger partial charge in [-0.1, -0.05) is 135 Å². The molecule has 3 nitrogen and oxygen atoms in total. The average Bonchev–Trinajstić information content (AvgIpc) is 3.89. The minimum atomic E-state index is -0.156. The number of fused-ring (bicyclic) bond motifs is 12. The van der Waals surface area contributed by atoms with E-state index < -0.39 is 0 Å². The Morgan fingerprint density at radius 2 is 1.07 bits per heavy atom. The minimum absolute atomic E-state index is 0.156. The third-order valence-corrected chi connectivity index (χ3v) is 12.2. The molecular weight excluding hydrogens is 683 g/mol. The summed E-state index contributed by atoms with van der Waals surface area (Å²) in [5.41, 5.74) is 14.0. The maximum Gasteiger partial charge on any atom is 0.145 e. The summed E-state index contributed by atoms with van der Waals surface area (Å²) < 4.78 is 13.4. The first-order chi connectivity index (χ1) is 27.5. The summed E-state index contributed by atoms with van der Waals surface area (Å²) in [7, 11) is 0. The van der Waals surface area contributed by atoms with Crippen molar-refractivity contribution in [2.45, 2.75) is 19.3 Å². The second-order valence-corrected chi connectivity index (χ2v) is 15.6. The Labute approximate surface area is 323 Å². The molecule has 0 N–H and O–H groups in total. The van der Waals surface area contributed by atoms with Crippen LogP contribution in [0.1, 0.15) is 25.0 Å². The van der Waals surface area contributed by atoms with Crippen LogP contribution in [0, 0.1) is 0 Å². The molecule has 0 atom stereocenters. The lowest BCUT2D eigenvalue weighted by Crippen LogP contribution is -2.16. The second-order valence-electron chi connectivity index (χ2n) is 15.6. The van der Waals surface area contributed by atoms with Gasteiger partial charge in [0, 0.05) is 38.4 Å². The van der Waals surface area contributed by atoms with E-state index in [0.717, 1.165) is 72.1 Å². The molecule has 12 rings (SSSR count). The van der Waals surface area contributed by atoms with Crippen LogP contribution in [0.3, 0.4) is 0 Å². The maximum atomic E-state index is 7.02.